The van der Waals surface area contributed by atoms with Gasteiger partial charge in [-0.05, 0) is 54.4 Å². The molecule has 2 heterocycles. The zero-order chi connectivity index (χ0) is 23.3. The molecule has 3 aromatic carbocycles. The Hall–Kier alpha value is -3.90. The van der Waals surface area contributed by atoms with Crippen molar-refractivity contribution in [2.24, 2.45) is 0 Å². The van der Waals surface area contributed by atoms with Gasteiger partial charge < -0.3 is 9.88 Å². The van der Waals surface area contributed by atoms with Crippen molar-refractivity contribution in [2.45, 2.75) is 29.3 Å². The van der Waals surface area contributed by atoms with Crippen LogP contribution in [0.2, 0.25) is 0 Å². The van der Waals surface area contributed by atoms with Crippen LogP contribution in [-0.2, 0) is 0 Å². The number of nitrogens with zero attached hydrogens (tertiary/aromatic N) is 3. The molecule has 0 aliphatic heterocycles. The molecular weight excluding hydrogens is 440 g/mol. The van der Waals surface area contributed by atoms with Gasteiger partial charge in [0.05, 0.1) is 29.0 Å². The summed E-state index contributed by atoms with van der Waals surface area (Å²) in [5.41, 5.74) is 4.38. The first-order valence-corrected chi connectivity index (χ1v) is 12.1. The predicted molar refractivity (Wildman–Crippen MR) is 137 cm³/mol. The van der Waals surface area contributed by atoms with Crippen LogP contribution in [0, 0.1) is 0 Å². The molecule has 1 amide bonds. The van der Waals surface area contributed by atoms with E-state index in [1.807, 2.05) is 60.9 Å². The lowest BCUT2D eigenvalue weighted by Crippen LogP contribution is -2.14. The predicted octanol–water partition coefficient (Wildman–Crippen LogP) is 6.83. The fourth-order valence-electron chi connectivity index (χ4n) is 4.06. The summed E-state index contributed by atoms with van der Waals surface area (Å²) in [7, 11) is 0. The summed E-state index contributed by atoms with van der Waals surface area (Å²) < 4.78 is 2.18. The maximum Gasteiger partial charge on any atom is 0.258 e. The van der Waals surface area contributed by atoms with Gasteiger partial charge in [-0.25, -0.2) is 9.97 Å². The van der Waals surface area contributed by atoms with E-state index in [-0.39, 0.29) is 11.9 Å². The molecule has 1 atom stereocenters. The summed E-state index contributed by atoms with van der Waals surface area (Å²) in [6, 6.07) is 29.9. The van der Waals surface area contributed by atoms with E-state index in [0.717, 1.165) is 28.0 Å². The Morgan fingerprint density at radius 1 is 0.941 bits per heavy atom. The molecule has 0 saturated carbocycles. The van der Waals surface area contributed by atoms with Gasteiger partial charge in [0.2, 0.25) is 0 Å². The molecule has 0 radical (unpaired) electrons. The van der Waals surface area contributed by atoms with Gasteiger partial charge in [0.1, 0.15) is 5.03 Å². The molecule has 6 heteroatoms. The number of anilines is 1. The number of hydrogen-bond donors (Lipinski definition) is 1. The number of amides is 1. The number of carbonyl (C=O) groups excluding carboxylic acids is 1. The molecule has 0 spiro atoms. The Morgan fingerprint density at radius 2 is 1.71 bits per heavy atom. The first kappa shape index (κ1) is 21.9. The van der Waals surface area contributed by atoms with Gasteiger partial charge in [-0.2, -0.15) is 0 Å². The van der Waals surface area contributed by atoms with E-state index in [1.54, 1.807) is 18.3 Å². The third kappa shape index (κ3) is 4.58. The van der Waals surface area contributed by atoms with Gasteiger partial charge in [0, 0.05) is 16.8 Å². The minimum Gasteiger partial charge on any atom is -0.323 e. The molecule has 0 bridgehead atoms. The van der Waals surface area contributed by atoms with Crippen molar-refractivity contribution in [3.05, 3.63) is 115 Å². The van der Waals surface area contributed by atoms with Crippen LogP contribution in [0.15, 0.2) is 113 Å². The van der Waals surface area contributed by atoms with Crippen LogP contribution < -0.4 is 5.32 Å². The summed E-state index contributed by atoms with van der Waals surface area (Å²) in [4.78, 5) is 23.3. The second-order valence-electron chi connectivity index (χ2n) is 7.92. The summed E-state index contributed by atoms with van der Waals surface area (Å²) >= 11 is 1.48. The van der Waals surface area contributed by atoms with Crippen LogP contribution in [0.1, 0.15) is 35.3 Å². The zero-order valence-electron chi connectivity index (χ0n) is 18.8. The van der Waals surface area contributed by atoms with Crippen molar-refractivity contribution in [2.75, 3.05) is 5.32 Å². The lowest BCUT2D eigenvalue weighted by atomic mass is 10.0. The highest BCUT2D eigenvalue weighted by atomic mass is 32.2. The zero-order valence-corrected chi connectivity index (χ0v) is 19.6. The molecule has 5 aromatic rings. The van der Waals surface area contributed by atoms with Gasteiger partial charge in [-0.3, -0.25) is 4.79 Å². The molecule has 1 N–H and O–H groups in total. The standard InChI is InChI=1S/C28H24N4OS/c1-2-25(20-10-5-3-6-11-20)32-19-30-24-16-15-21(18-26(24)32)31-27(33)23-14-9-17-29-28(23)34-22-12-7-4-8-13-22/h3-19,25H,2H2,1H3,(H,31,33). The van der Waals surface area contributed by atoms with E-state index >= 15 is 0 Å². The Morgan fingerprint density at radius 3 is 2.47 bits per heavy atom. The average molecular weight is 465 g/mol. The van der Waals surface area contributed by atoms with Crippen molar-refractivity contribution in [1.29, 1.82) is 0 Å². The number of fused-ring (bicyclic) bond motifs is 1. The summed E-state index contributed by atoms with van der Waals surface area (Å²) in [5.74, 6) is -0.188. The van der Waals surface area contributed by atoms with E-state index in [9.17, 15) is 4.79 Å². The largest absolute Gasteiger partial charge is 0.323 e. The summed E-state index contributed by atoms with van der Waals surface area (Å²) in [6.45, 7) is 2.17. The van der Waals surface area contributed by atoms with Gasteiger partial charge in [-0.15, -0.1) is 0 Å². The second-order valence-corrected chi connectivity index (χ2v) is 8.98. The Balaban J connectivity index is 1.43. The number of imidazole rings is 1. The van der Waals surface area contributed by atoms with E-state index in [2.05, 4.69) is 51.0 Å². The van der Waals surface area contributed by atoms with E-state index in [1.165, 1.54) is 17.3 Å². The molecule has 1 unspecified atom stereocenters. The molecule has 0 fully saturated rings. The SMILES string of the molecule is CCC(c1ccccc1)n1cnc2ccc(NC(=O)c3cccnc3Sc3ccccc3)cc21. The maximum absolute atomic E-state index is 13.2. The minimum atomic E-state index is -0.188. The Labute approximate surface area is 202 Å². The van der Waals surface area contributed by atoms with E-state index in [0.29, 0.717) is 10.6 Å². The third-order valence-corrected chi connectivity index (χ3v) is 6.74. The van der Waals surface area contributed by atoms with Gasteiger partial charge in [0.15, 0.2) is 0 Å². The molecule has 168 valence electrons. The normalized spacial score (nSPS) is 11.9. The Kier molecular flexibility index (Phi) is 6.40. The smallest absolute Gasteiger partial charge is 0.258 e. The third-order valence-electron chi connectivity index (χ3n) is 5.71. The number of rotatable bonds is 7. The highest BCUT2D eigenvalue weighted by Gasteiger charge is 2.17. The number of carbonyl (C=O) groups is 1. The molecule has 5 rings (SSSR count). The fraction of sp³-hybridized carbons (Fsp3) is 0.107. The molecule has 0 aliphatic rings. The van der Waals surface area contributed by atoms with Crippen molar-refractivity contribution in [1.82, 2.24) is 14.5 Å². The first-order valence-electron chi connectivity index (χ1n) is 11.2. The molecule has 5 nitrogen and oxygen atoms in total. The summed E-state index contributed by atoms with van der Waals surface area (Å²) in [6.07, 6.45) is 4.52. The number of hydrogen-bond acceptors (Lipinski definition) is 4. The number of pyridine rings is 1. The molecule has 0 aliphatic carbocycles. The molecule has 34 heavy (non-hydrogen) atoms. The van der Waals surface area contributed by atoms with Crippen LogP contribution in [0.3, 0.4) is 0 Å². The van der Waals surface area contributed by atoms with Crippen molar-refractivity contribution in [3.8, 4) is 0 Å². The maximum atomic E-state index is 13.2. The second kappa shape index (κ2) is 9.93. The highest BCUT2D eigenvalue weighted by molar-refractivity contribution is 7.99. The van der Waals surface area contributed by atoms with E-state index < -0.39 is 0 Å². The number of nitrogens with one attached hydrogen (secondary N) is 1. The molecular formula is C28H24N4OS. The number of aromatic nitrogens is 3. The van der Waals surface area contributed by atoms with Crippen LogP contribution in [-0.4, -0.2) is 20.4 Å². The van der Waals surface area contributed by atoms with Crippen molar-refractivity contribution < 1.29 is 4.79 Å². The lowest BCUT2D eigenvalue weighted by molar-refractivity contribution is 0.102. The van der Waals surface area contributed by atoms with Gasteiger partial charge in [0.25, 0.3) is 5.91 Å². The van der Waals surface area contributed by atoms with Crippen LogP contribution >= 0.6 is 11.8 Å². The lowest BCUT2D eigenvalue weighted by Gasteiger charge is -2.18. The fourth-order valence-corrected chi connectivity index (χ4v) is 4.96. The Bertz CT molecular complexity index is 1420. The van der Waals surface area contributed by atoms with Crippen molar-refractivity contribution >= 4 is 34.4 Å². The quantitative estimate of drug-likeness (QED) is 0.287. The summed E-state index contributed by atoms with van der Waals surface area (Å²) in [5, 5.41) is 3.73. The van der Waals surface area contributed by atoms with Gasteiger partial charge in [-0.1, -0.05) is 67.2 Å². The molecule has 2 aromatic heterocycles. The van der Waals surface area contributed by atoms with Crippen LogP contribution in [0.4, 0.5) is 5.69 Å². The monoisotopic (exact) mass is 464 g/mol. The van der Waals surface area contributed by atoms with E-state index in [4.69, 9.17) is 0 Å². The number of benzene rings is 3. The molecule has 0 saturated heterocycles. The van der Waals surface area contributed by atoms with Crippen LogP contribution in [0.5, 0.6) is 0 Å². The first-order chi connectivity index (χ1) is 16.7. The van der Waals surface area contributed by atoms with Crippen LogP contribution in [0.25, 0.3) is 11.0 Å². The highest BCUT2D eigenvalue weighted by Crippen LogP contribution is 2.30. The average Bonchev–Trinajstić information content (AvgIpc) is 3.29. The minimum absolute atomic E-state index is 0.171. The van der Waals surface area contributed by atoms with Gasteiger partial charge >= 0.3 is 0 Å². The van der Waals surface area contributed by atoms with Crippen molar-refractivity contribution in [3.63, 3.8) is 0 Å². The topological polar surface area (TPSA) is 59.8 Å².